The van der Waals surface area contributed by atoms with Gasteiger partial charge in [0, 0.05) is 11.8 Å². The van der Waals surface area contributed by atoms with Gasteiger partial charge >= 0.3 is 12.4 Å². The summed E-state index contributed by atoms with van der Waals surface area (Å²) < 4.78 is 83.3. The molecule has 2 aromatic rings. The summed E-state index contributed by atoms with van der Waals surface area (Å²) in [6.07, 6.45) is -12.9. The standard InChI is InChI=1S/C23H16F6N2O2/c24-22(25,26)19(32)18-17(15-9-5-2-6-10-15)20(12-30,13-31)16(14-7-3-1-4-8-14)11-21(18,33)23(27,28)29/h1-10,16-18,33H,11H2/t16-,17+,18-,21+/m0/s1. The minimum atomic E-state index is -5.76. The summed E-state index contributed by atoms with van der Waals surface area (Å²) in [6.45, 7) is 0. The second kappa shape index (κ2) is 8.20. The van der Waals surface area contributed by atoms with Gasteiger partial charge in [-0.3, -0.25) is 4.79 Å². The predicted octanol–water partition coefficient (Wildman–Crippen LogP) is 5.03. The number of nitrogens with zero attached hydrogens (tertiary/aromatic N) is 2. The van der Waals surface area contributed by atoms with Crippen LogP contribution in [-0.2, 0) is 4.79 Å². The third-order valence-electron chi connectivity index (χ3n) is 6.19. The molecule has 1 aliphatic carbocycles. The van der Waals surface area contributed by atoms with Crippen molar-refractivity contribution in [3.05, 3.63) is 71.8 Å². The fraction of sp³-hybridized carbons (Fsp3) is 0.348. The summed E-state index contributed by atoms with van der Waals surface area (Å²) in [7, 11) is 0. The number of ketones is 1. The maximum atomic E-state index is 14.2. The van der Waals surface area contributed by atoms with E-state index in [2.05, 4.69) is 0 Å². The van der Waals surface area contributed by atoms with Crippen LogP contribution in [0, 0.1) is 34.0 Å². The molecule has 0 radical (unpaired) electrons. The average Bonchev–Trinajstić information content (AvgIpc) is 2.78. The van der Waals surface area contributed by atoms with E-state index in [1.807, 2.05) is 0 Å². The van der Waals surface area contributed by atoms with Gasteiger partial charge in [-0.25, -0.2) is 0 Å². The molecule has 0 aliphatic heterocycles. The first-order valence-electron chi connectivity index (χ1n) is 9.66. The van der Waals surface area contributed by atoms with Crippen LogP contribution in [0.2, 0.25) is 0 Å². The number of hydrogen-bond donors (Lipinski definition) is 1. The number of hydrogen-bond acceptors (Lipinski definition) is 4. The SMILES string of the molecule is N#CC1(C#N)[C@H](c2ccccc2)[C@@H](C(=O)C(F)(F)F)[C@@](O)(C(F)(F)F)C[C@H]1c1ccccc1. The Balaban J connectivity index is 2.44. The number of Topliss-reactive ketones (excluding diaryl/α,β-unsaturated/α-hetero) is 1. The van der Waals surface area contributed by atoms with Crippen LogP contribution in [-0.4, -0.2) is 28.8 Å². The minimum Gasteiger partial charge on any atom is -0.380 e. The van der Waals surface area contributed by atoms with Crippen LogP contribution in [0.1, 0.15) is 29.4 Å². The molecule has 33 heavy (non-hydrogen) atoms. The first-order chi connectivity index (χ1) is 15.3. The number of nitriles is 2. The highest BCUT2D eigenvalue weighted by molar-refractivity contribution is 5.89. The molecule has 2 aromatic carbocycles. The van der Waals surface area contributed by atoms with E-state index in [0.29, 0.717) is 0 Å². The summed E-state index contributed by atoms with van der Waals surface area (Å²) in [4.78, 5) is 12.4. The van der Waals surface area contributed by atoms with Gasteiger partial charge in [-0.1, -0.05) is 60.7 Å². The smallest absolute Gasteiger partial charge is 0.380 e. The number of alkyl halides is 6. The number of carbonyl (C=O) groups is 1. The zero-order valence-corrected chi connectivity index (χ0v) is 16.7. The van der Waals surface area contributed by atoms with Crippen LogP contribution >= 0.6 is 0 Å². The molecule has 10 heteroatoms. The lowest BCUT2D eigenvalue weighted by Gasteiger charge is -2.53. The van der Waals surface area contributed by atoms with Crippen molar-refractivity contribution >= 4 is 5.78 Å². The number of halogens is 6. The van der Waals surface area contributed by atoms with Gasteiger partial charge < -0.3 is 5.11 Å². The highest BCUT2D eigenvalue weighted by Gasteiger charge is 2.74. The fourth-order valence-electron chi connectivity index (χ4n) is 4.69. The summed E-state index contributed by atoms with van der Waals surface area (Å²) in [5.74, 6) is -9.90. The molecule has 0 aromatic heterocycles. The third kappa shape index (κ3) is 3.85. The lowest BCUT2D eigenvalue weighted by atomic mass is 9.49. The summed E-state index contributed by atoms with van der Waals surface area (Å²) in [5.41, 5.74) is -6.91. The van der Waals surface area contributed by atoms with Crippen molar-refractivity contribution in [3.63, 3.8) is 0 Å². The van der Waals surface area contributed by atoms with E-state index in [9.17, 15) is 46.8 Å². The number of rotatable bonds is 3. The maximum absolute atomic E-state index is 14.2. The Kier molecular flexibility index (Phi) is 6.03. The quantitative estimate of drug-likeness (QED) is 0.643. The van der Waals surface area contributed by atoms with E-state index >= 15 is 0 Å². The van der Waals surface area contributed by atoms with E-state index in [1.54, 1.807) is 12.1 Å². The van der Waals surface area contributed by atoms with E-state index < -0.39 is 53.3 Å². The largest absolute Gasteiger partial charge is 0.450 e. The molecule has 0 spiro atoms. The van der Waals surface area contributed by atoms with Crippen LogP contribution in [0.15, 0.2) is 60.7 Å². The van der Waals surface area contributed by atoms with Crippen LogP contribution < -0.4 is 0 Å². The van der Waals surface area contributed by atoms with E-state index in [0.717, 1.165) is 12.1 Å². The van der Waals surface area contributed by atoms with Crippen LogP contribution in [0.4, 0.5) is 26.3 Å². The van der Waals surface area contributed by atoms with Gasteiger partial charge in [-0.2, -0.15) is 36.9 Å². The van der Waals surface area contributed by atoms with Crippen molar-refractivity contribution in [2.45, 2.75) is 36.2 Å². The lowest BCUT2D eigenvalue weighted by molar-refractivity contribution is -0.298. The van der Waals surface area contributed by atoms with Crippen molar-refractivity contribution < 1.29 is 36.2 Å². The highest BCUT2D eigenvalue weighted by atomic mass is 19.4. The Morgan fingerprint density at radius 3 is 1.73 bits per heavy atom. The van der Waals surface area contributed by atoms with Crippen molar-refractivity contribution in [2.24, 2.45) is 11.3 Å². The van der Waals surface area contributed by atoms with Crippen LogP contribution in [0.25, 0.3) is 0 Å². The third-order valence-corrected chi connectivity index (χ3v) is 6.19. The minimum absolute atomic E-state index is 0.0436. The van der Waals surface area contributed by atoms with Gasteiger partial charge in [0.15, 0.2) is 11.0 Å². The molecule has 1 saturated carbocycles. The molecular weight excluding hydrogens is 450 g/mol. The average molecular weight is 466 g/mol. The molecule has 0 bridgehead atoms. The Bertz CT molecular complexity index is 1090. The van der Waals surface area contributed by atoms with Crippen molar-refractivity contribution in [1.82, 2.24) is 0 Å². The first kappa shape index (κ1) is 24.3. The second-order valence-electron chi connectivity index (χ2n) is 7.91. The maximum Gasteiger partial charge on any atom is 0.450 e. The number of aliphatic hydroxyl groups is 1. The molecule has 1 aliphatic rings. The van der Waals surface area contributed by atoms with Gasteiger partial charge in [-0.15, -0.1) is 0 Å². The molecule has 4 nitrogen and oxygen atoms in total. The normalized spacial score (nSPS) is 27.2. The summed E-state index contributed by atoms with van der Waals surface area (Å²) in [6, 6.07) is 16.5. The van der Waals surface area contributed by atoms with Crippen molar-refractivity contribution in [1.29, 1.82) is 10.5 Å². The molecule has 0 amide bonds. The molecule has 1 N–H and O–H groups in total. The lowest BCUT2D eigenvalue weighted by Crippen LogP contribution is -2.65. The zero-order chi connectivity index (χ0) is 24.7. The molecule has 172 valence electrons. The topological polar surface area (TPSA) is 84.9 Å². The number of benzene rings is 2. The van der Waals surface area contributed by atoms with Gasteiger partial charge in [0.2, 0.25) is 5.78 Å². The van der Waals surface area contributed by atoms with Gasteiger partial charge in [-0.05, 0) is 17.5 Å². The predicted molar refractivity (Wildman–Crippen MR) is 102 cm³/mol. The van der Waals surface area contributed by atoms with Crippen LogP contribution in [0.3, 0.4) is 0 Å². The zero-order valence-electron chi connectivity index (χ0n) is 16.7. The second-order valence-corrected chi connectivity index (χ2v) is 7.91. The summed E-state index contributed by atoms with van der Waals surface area (Å²) in [5, 5.41) is 30.9. The Labute approximate surface area is 184 Å². The molecule has 4 atom stereocenters. The first-order valence-corrected chi connectivity index (χ1v) is 9.66. The Hall–Kier alpha value is -3.37. The molecule has 0 unspecified atom stereocenters. The highest BCUT2D eigenvalue weighted by Crippen LogP contribution is 2.63. The summed E-state index contributed by atoms with van der Waals surface area (Å²) >= 11 is 0. The molecule has 0 heterocycles. The number of carbonyl (C=O) groups excluding carboxylic acids is 1. The monoisotopic (exact) mass is 466 g/mol. The van der Waals surface area contributed by atoms with E-state index in [-0.39, 0.29) is 11.1 Å². The van der Waals surface area contributed by atoms with Crippen molar-refractivity contribution in [2.75, 3.05) is 0 Å². The fourth-order valence-corrected chi connectivity index (χ4v) is 4.69. The Morgan fingerprint density at radius 1 is 0.879 bits per heavy atom. The van der Waals surface area contributed by atoms with E-state index in [4.69, 9.17) is 0 Å². The van der Waals surface area contributed by atoms with Crippen LogP contribution in [0.5, 0.6) is 0 Å². The van der Waals surface area contributed by atoms with Gasteiger partial charge in [0.1, 0.15) is 0 Å². The van der Waals surface area contributed by atoms with Gasteiger partial charge in [0.25, 0.3) is 0 Å². The van der Waals surface area contributed by atoms with E-state index in [1.165, 1.54) is 48.5 Å². The molecule has 1 fully saturated rings. The Morgan fingerprint density at radius 2 is 1.33 bits per heavy atom. The molecular formula is C23H16F6N2O2. The molecule has 0 saturated heterocycles. The van der Waals surface area contributed by atoms with Crippen molar-refractivity contribution in [3.8, 4) is 12.1 Å². The molecule has 3 rings (SSSR count). The van der Waals surface area contributed by atoms with Gasteiger partial charge in [0.05, 0.1) is 18.1 Å².